The van der Waals surface area contributed by atoms with Gasteiger partial charge in [0, 0.05) is 18.3 Å². The normalized spacial score (nSPS) is 12.7. The van der Waals surface area contributed by atoms with Crippen molar-refractivity contribution in [1.29, 1.82) is 0 Å². The molecule has 0 fully saturated rings. The molecule has 2 N–H and O–H groups in total. The number of benzene rings is 1. The number of ether oxygens (including phenoxy) is 1. The number of nitrogens with zero attached hydrogens (tertiary/aromatic N) is 1. The lowest BCUT2D eigenvalue weighted by Gasteiger charge is -2.17. The predicted octanol–water partition coefficient (Wildman–Crippen LogP) is 3.44. The third-order valence-corrected chi connectivity index (χ3v) is 5.42. The molecule has 1 heterocycles. The van der Waals surface area contributed by atoms with Crippen LogP contribution in [0, 0.1) is 0 Å². The van der Waals surface area contributed by atoms with Crippen molar-refractivity contribution in [2.45, 2.75) is 31.5 Å². The highest BCUT2D eigenvalue weighted by Crippen LogP contribution is 2.26. The first-order valence-electron chi connectivity index (χ1n) is 8.81. The monoisotopic (exact) mass is 513 g/mol. The first kappa shape index (κ1) is 25.7. The summed E-state index contributed by atoms with van der Waals surface area (Å²) in [4.78, 5) is 28.2. The molecule has 14 heteroatoms. The molecule has 0 bridgehead atoms. The average molecular weight is 514 g/mol. The maximum atomic E-state index is 12.4. The number of sulfonamides is 1. The fraction of sp³-hybridized carbons (Fsp3) is 0.278. The molecule has 0 saturated carbocycles. The van der Waals surface area contributed by atoms with Gasteiger partial charge in [-0.15, -0.1) is 0 Å². The van der Waals surface area contributed by atoms with Crippen LogP contribution in [-0.4, -0.2) is 36.8 Å². The Hall–Kier alpha value is -2.57. The first-order valence-corrected chi connectivity index (χ1v) is 11.1. The number of rotatable bonds is 8. The van der Waals surface area contributed by atoms with Gasteiger partial charge in [0.25, 0.3) is 11.8 Å². The molecule has 0 aliphatic heterocycles. The molecule has 0 spiro atoms. The number of amides is 2. The van der Waals surface area contributed by atoms with Gasteiger partial charge in [-0.2, -0.15) is 21.6 Å². The van der Waals surface area contributed by atoms with Gasteiger partial charge in [0.05, 0.1) is 5.02 Å². The van der Waals surface area contributed by atoms with Gasteiger partial charge in [0.15, 0.2) is 6.10 Å². The zero-order valence-electron chi connectivity index (χ0n) is 16.2. The van der Waals surface area contributed by atoms with E-state index in [4.69, 9.17) is 27.9 Å². The lowest BCUT2D eigenvalue weighted by atomic mass is 10.1. The van der Waals surface area contributed by atoms with Gasteiger partial charge in [0.1, 0.15) is 5.02 Å². The summed E-state index contributed by atoms with van der Waals surface area (Å²) in [6, 6.07) is 6.46. The summed E-state index contributed by atoms with van der Waals surface area (Å²) >= 11 is 11.7. The lowest BCUT2D eigenvalue weighted by Crippen LogP contribution is -2.40. The quantitative estimate of drug-likeness (QED) is 0.558. The van der Waals surface area contributed by atoms with E-state index >= 15 is 0 Å². The number of nitrogens with one attached hydrogen (secondary N) is 2. The molecule has 2 amide bonds. The van der Waals surface area contributed by atoms with E-state index in [1.165, 1.54) is 24.4 Å². The van der Waals surface area contributed by atoms with Crippen molar-refractivity contribution >= 4 is 45.0 Å². The average Bonchev–Trinajstić information content (AvgIpc) is 2.70. The third-order valence-electron chi connectivity index (χ3n) is 3.88. The van der Waals surface area contributed by atoms with Crippen LogP contribution in [0.2, 0.25) is 10.0 Å². The Kier molecular flexibility index (Phi) is 8.32. The van der Waals surface area contributed by atoms with Crippen LogP contribution in [0.5, 0.6) is 5.88 Å². The molecular formula is C18H16Cl2F3N3O5S. The van der Waals surface area contributed by atoms with E-state index < -0.39 is 33.4 Å². The Morgan fingerprint density at radius 2 is 1.91 bits per heavy atom. The zero-order valence-corrected chi connectivity index (χ0v) is 18.6. The summed E-state index contributed by atoms with van der Waals surface area (Å²) in [5, 5.41) is 2.94. The topological polar surface area (TPSA) is 114 Å². The highest BCUT2D eigenvalue weighted by molar-refractivity contribution is 7.90. The fourth-order valence-corrected chi connectivity index (χ4v) is 3.21. The van der Waals surface area contributed by atoms with Crippen molar-refractivity contribution in [3.63, 3.8) is 0 Å². The van der Waals surface area contributed by atoms with Crippen LogP contribution in [0.25, 0.3) is 0 Å². The van der Waals surface area contributed by atoms with E-state index in [0.717, 1.165) is 16.9 Å². The van der Waals surface area contributed by atoms with E-state index in [1.807, 2.05) is 0 Å². The maximum absolute atomic E-state index is 12.4. The number of hydrogen-bond acceptors (Lipinski definition) is 6. The molecule has 0 aliphatic carbocycles. The molecule has 32 heavy (non-hydrogen) atoms. The van der Waals surface area contributed by atoms with E-state index in [-0.39, 0.29) is 34.5 Å². The van der Waals surface area contributed by atoms with E-state index in [0.29, 0.717) is 5.56 Å². The molecule has 1 aromatic carbocycles. The number of pyridine rings is 1. The third kappa shape index (κ3) is 6.71. The maximum Gasteiger partial charge on any atom is 0.516 e. The number of aromatic nitrogens is 1. The van der Waals surface area contributed by atoms with Crippen LogP contribution in [-0.2, 0) is 21.4 Å². The van der Waals surface area contributed by atoms with Crippen molar-refractivity contribution in [3.05, 3.63) is 57.7 Å². The van der Waals surface area contributed by atoms with Gasteiger partial charge in [-0.25, -0.2) is 9.71 Å². The Morgan fingerprint density at radius 3 is 2.50 bits per heavy atom. The van der Waals surface area contributed by atoms with Crippen LogP contribution in [0.15, 0.2) is 36.5 Å². The Balaban J connectivity index is 2.04. The van der Waals surface area contributed by atoms with E-state index in [9.17, 15) is 31.2 Å². The molecule has 2 aromatic rings. The zero-order chi connectivity index (χ0) is 24.1. The number of alkyl halides is 3. The van der Waals surface area contributed by atoms with Crippen LogP contribution < -0.4 is 14.8 Å². The SMILES string of the molecule is CC[C@@H](Oc1ncc(Cl)cc1Cl)C(=O)NCc1cccc(C(=O)NS(=O)(=O)C(F)(F)F)c1. The smallest absolute Gasteiger partial charge is 0.463 e. The minimum Gasteiger partial charge on any atom is -0.463 e. The number of hydrogen-bond donors (Lipinski definition) is 2. The molecule has 0 unspecified atom stereocenters. The van der Waals surface area contributed by atoms with E-state index in [2.05, 4.69) is 10.3 Å². The summed E-state index contributed by atoms with van der Waals surface area (Å²) in [7, 11) is -5.85. The summed E-state index contributed by atoms with van der Waals surface area (Å²) in [6.07, 6.45) is 0.581. The first-order chi connectivity index (χ1) is 14.8. The van der Waals surface area contributed by atoms with Crippen LogP contribution in [0.3, 0.4) is 0 Å². The summed E-state index contributed by atoms with van der Waals surface area (Å²) < 4.78 is 65.9. The molecule has 8 nitrogen and oxygen atoms in total. The Labute approximate surface area is 191 Å². The fourth-order valence-electron chi connectivity index (χ4n) is 2.31. The standard InChI is InChI=1S/C18H16Cl2F3N3O5S/c1-2-14(31-17-13(20)7-12(19)9-25-17)16(28)24-8-10-4-3-5-11(6-10)15(27)26-32(29,30)18(21,22)23/h3-7,9,14H,2,8H2,1H3,(H,24,28)(H,26,27)/t14-/m1/s1. The van der Waals surface area contributed by atoms with Gasteiger partial charge in [-0.1, -0.05) is 42.3 Å². The van der Waals surface area contributed by atoms with Gasteiger partial charge in [0.2, 0.25) is 5.88 Å². The molecule has 0 saturated heterocycles. The van der Waals surface area contributed by atoms with Crippen molar-refractivity contribution < 1.29 is 35.9 Å². The molecule has 2 rings (SSSR count). The van der Waals surface area contributed by atoms with Crippen molar-refractivity contribution in [2.75, 3.05) is 0 Å². The number of halogens is 5. The molecule has 1 atom stereocenters. The highest BCUT2D eigenvalue weighted by Gasteiger charge is 2.47. The minimum atomic E-state index is -5.85. The molecule has 0 radical (unpaired) electrons. The minimum absolute atomic E-state index is 0.00242. The molecular weight excluding hydrogens is 498 g/mol. The van der Waals surface area contributed by atoms with Gasteiger partial charge >= 0.3 is 15.5 Å². The predicted molar refractivity (Wildman–Crippen MR) is 110 cm³/mol. The van der Waals surface area contributed by atoms with Crippen LogP contribution in [0.4, 0.5) is 13.2 Å². The summed E-state index contributed by atoms with van der Waals surface area (Å²) in [6.45, 7) is 1.56. The second kappa shape index (κ2) is 10.4. The van der Waals surface area contributed by atoms with Gasteiger partial charge in [-0.05, 0) is 30.2 Å². The van der Waals surface area contributed by atoms with Gasteiger partial charge in [-0.3, -0.25) is 9.59 Å². The van der Waals surface area contributed by atoms with Gasteiger partial charge < -0.3 is 10.1 Å². The largest absolute Gasteiger partial charge is 0.516 e. The lowest BCUT2D eigenvalue weighted by molar-refractivity contribution is -0.128. The molecule has 1 aromatic heterocycles. The number of carbonyl (C=O) groups is 2. The van der Waals surface area contributed by atoms with Crippen molar-refractivity contribution in [1.82, 2.24) is 15.0 Å². The van der Waals surface area contributed by atoms with Crippen LogP contribution in [0.1, 0.15) is 29.3 Å². The number of carbonyl (C=O) groups excluding carboxylic acids is 2. The van der Waals surface area contributed by atoms with Crippen molar-refractivity contribution in [3.8, 4) is 5.88 Å². The Bertz CT molecular complexity index is 1110. The van der Waals surface area contributed by atoms with Crippen molar-refractivity contribution in [2.24, 2.45) is 0 Å². The Morgan fingerprint density at radius 1 is 1.22 bits per heavy atom. The highest BCUT2D eigenvalue weighted by atomic mass is 35.5. The molecule has 0 aliphatic rings. The second-order valence-electron chi connectivity index (χ2n) is 6.25. The van der Waals surface area contributed by atoms with Crippen LogP contribution >= 0.6 is 23.2 Å². The summed E-state index contributed by atoms with van der Waals surface area (Å²) in [5.74, 6) is -2.01. The molecule has 174 valence electrons. The second-order valence-corrected chi connectivity index (χ2v) is 8.77. The summed E-state index contributed by atoms with van der Waals surface area (Å²) in [5.41, 5.74) is -5.65. The van der Waals surface area contributed by atoms with E-state index in [1.54, 1.807) is 6.92 Å².